The van der Waals surface area contributed by atoms with Gasteiger partial charge >= 0.3 is 0 Å². The Morgan fingerprint density at radius 2 is 1.94 bits per heavy atom. The Balaban J connectivity index is 1.61. The van der Waals surface area contributed by atoms with Gasteiger partial charge in [-0.25, -0.2) is 0 Å². The van der Waals surface area contributed by atoms with Gasteiger partial charge in [0.25, 0.3) is 0 Å². The molecule has 4 aliphatic carbocycles. The van der Waals surface area contributed by atoms with Gasteiger partial charge in [-0.3, -0.25) is 4.79 Å². The van der Waals surface area contributed by atoms with Crippen molar-refractivity contribution >= 4 is 5.78 Å². The summed E-state index contributed by atoms with van der Waals surface area (Å²) in [6, 6.07) is 0. The van der Waals surface area contributed by atoms with Crippen molar-refractivity contribution in [2.75, 3.05) is 6.61 Å². The molecule has 0 aliphatic heterocycles. The van der Waals surface area contributed by atoms with E-state index in [4.69, 9.17) is 0 Å². The van der Waals surface area contributed by atoms with Crippen LogP contribution in [0.15, 0.2) is 11.6 Å². The summed E-state index contributed by atoms with van der Waals surface area (Å²) in [5.41, 5.74) is 0.0855. The second-order valence-electron chi connectivity index (χ2n) is 12.3. The Morgan fingerprint density at radius 3 is 2.61 bits per heavy atom. The lowest BCUT2D eigenvalue weighted by Gasteiger charge is -2.59. The summed E-state index contributed by atoms with van der Waals surface area (Å²) < 4.78 is 0. The van der Waals surface area contributed by atoms with E-state index >= 15 is 0 Å². The van der Waals surface area contributed by atoms with Crippen LogP contribution in [-0.2, 0) is 4.79 Å². The lowest BCUT2D eigenvalue weighted by molar-refractivity contribution is -0.149. The smallest absolute Gasteiger partial charge is 0.155 e. The SMILES string of the molecule is CC(C)CCC[C@](C)(O)[C@H]1[C@@H](O)CC2C3CCC4=CC(=O)CC[C@]4(C)C3CC[C@@]21CO. The number of carbonyl (C=O) groups excluding carboxylic acids is 1. The molecule has 8 atom stereocenters. The highest BCUT2D eigenvalue weighted by molar-refractivity contribution is 5.91. The fourth-order valence-corrected chi connectivity index (χ4v) is 8.73. The van der Waals surface area contributed by atoms with Crippen LogP contribution in [0.1, 0.15) is 91.9 Å². The predicted octanol–water partition coefficient (Wildman–Crippen LogP) is 4.66. The van der Waals surface area contributed by atoms with Gasteiger partial charge in [0.1, 0.15) is 0 Å². The summed E-state index contributed by atoms with van der Waals surface area (Å²) >= 11 is 0. The van der Waals surface area contributed by atoms with Gasteiger partial charge in [0.2, 0.25) is 0 Å². The molecule has 0 bridgehead atoms. The van der Waals surface area contributed by atoms with Crippen molar-refractivity contribution in [1.82, 2.24) is 0 Å². The maximum Gasteiger partial charge on any atom is 0.155 e. The van der Waals surface area contributed by atoms with E-state index in [1.165, 1.54) is 5.57 Å². The molecule has 4 rings (SSSR count). The van der Waals surface area contributed by atoms with Crippen LogP contribution >= 0.6 is 0 Å². The van der Waals surface area contributed by atoms with Crippen molar-refractivity contribution in [3.05, 3.63) is 11.6 Å². The standard InChI is InChI=1S/C27H44O4/c1-17(2)6-5-11-26(4,31)24-23(30)15-22-20-8-7-18-14-19(29)9-12-25(18,3)21(20)10-13-27(22,24)16-28/h14,17,20-24,28,30-31H,5-13,15-16H2,1-4H3/t20?,21?,22?,23-,24+,25-,26-,27+/m0/s1. The molecule has 0 heterocycles. The molecule has 3 N–H and O–H groups in total. The van der Waals surface area contributed by atoms with Crippen molar-refractivity contribution in [2.45, 2.75) is 104 Å². The molecular formula is C27H44O4. The number of hydrogen-bond donors (Lipinski definition) is 3. The van der Waals surface area contributed by atoms with Crippen LogP contribution in [0.4, 0.5) is 0 Å². The fraction of sp³-hybridized carbons (Fsp3) is 0.889. The first-order valence-electron chi connectivity index (χ1n) is 12.8. The van der Waals surface area contributed by atoms with Crippen molar-refractivity contribution in [3.8, 4) is 0 Å². The average Bonchev–Trinajstić information content (AvgIpc) is 3.01. The first-order valence-corrected chi connectivity index (χ1v) is 12.8. The topological polar surface area (TPSA) is 77.8 Å². The van der Waals surface area contributed by atoms with Crippen LogP contribution in [0.25, 0.3) is 0 Å². The minimum Gasteiger partial charge on any atom is -0.396 e. The summed E-state index contributed by atoms with van der Waals surface area (Å²) in [5, 5.41) is 33.6. The molecule has 4 aliphatic rings. The fourth-order valence-electron chi connectivity index (χ4n) is 8.73. The molecule has 0 saturated heterocycles. The van der Waals surface area contributed by atoms with E-state index in [1.807, 2.05) is 13.0 Å². The van der Waals surface area contributed by atoms with E-state index in [9.17, 15) is 20.1 Å². The second-order valence-corrected chi connectivity index (χ2v) is 12.3. The minimum absolute atomic E-state index is 0.0564. The summed E-state index contributed by atoms with van der Waals surface area (Å²) in [6.07, 6.45) is 10.3. The van der Waals surface area contributed by atoms with Crippen LogP contribution < -0.4 is 0 Å². The van der Waals surface area contributed by atoms with E-state index in [1.54, 1.807) is 0 Å². The number of aliphatic hydroxyl groups is 3. The molecule has 0 aromatic heterocycles. The number of fused-ring (bicyclic) bond motifs is 5. The Morgan fingerprint density at radius 1 is 1.19 bits per heavy atom. The van der Waals surface area contributed by atoms with Crippen LogP contribution in [0.5, 0.6) is 0 Å². The molecular weight excluding hydrogens is 388 g/mol. The van der Waals surface area contributed by atoms with E-state index in [2.05, 4.69) is 20.8 Å². The van der Waals surface area contributed by atoms with Gasteiger partial charge in [-0.2, -0.15) is 0 Å². The Hall–Kier alpha value is -0.710. The molecule has 0 aromatic carbocycles. The molecule has 4 heteroatoms. The zero-order chi connectivity index (χ0) is 22.6. The Kier molecular flexibility index (Phi) is 6.24. The van der Waals surface area contributed by atoms with Crippen molar-refractivity contribution < 1.29 is 20.1 Å². The van der Waals surface area contributed by atoms with Gasteiger partial charge in [-0.15, -0.1) is 0 Å². The van der Waals surface area contributed by atoms with Gasteiger partial charge < -0.3 is 15.3 Å². The van der Waals surface area contributed by atoms with E-state index in [0.717, 1.165) is 44.9 Å². The molecule has 176 valence electrons. The van der Waals surface area contributed by atoms with Crippen LogP contribution in [0, 0.1) is 40.4 Å². The molecule has 0 radical (unpaired) electrons. The quantitative estimate of drug-likeness (QED) is 0.571. The molecule has 3 saturated carbocycles. The van der Waals surface area contributed by atoms with E-state index in [0.29, 0.717) is 37.0 Å². The third-order valence-corrected chi connectivity index (χ3v) is 10.1. The summed E-state index contributed by atoms with van der Waals surface area (Å²) in [5.74, 6) is 1.85. The Labute approximate surface area is 188 Å². The molecule has 0 aromatic rings. The van der Waals surface area contributed by atoms with E-state index < -0.39 is 11.7 Å². The maximum absolute atomic E-state index is 12.1. The highest BCUT2D eigenvalue weighted by atomic mass is 16.3. The third kappa shape index (κ3) is 3.75. The Bertz CT molecular complexity index is 725. The normalized spacial score (nSPS) is 44.3. The number of allylic oxidation sites excluding steroid dienone is 1. The number of ketones is 1. The predicted molar refractivity (Wildman–Crippen MR) is 122 cm³/mol. The highest BCUT2D eigenvalue weighted by Crippen LogP contribution is 2.68. The largest absolute Gasteiger partial charge is 0.396 e. The van der Waals surface area contributed by atoms with Crippen molar-refractivity contribution in [3.63, 3.8) is 0 Å². The van der Waals surface area contributed by atoms with Crippen LogP contribution in [0.2, 0.25) is 0 Å². The van der Waals surface area contributed by atoms with Gasteiger partial charge in [-0.05, 0) is 87.0 Å². The van der Waals surface area contributed by atoms with Crippen molar-refractivity contribution in [1.29, 1.82) is 0 Å². The second kappa shape index (κ2) is 8.25. The minimum atomic E-state index is -0.959. The third-order valence-electron chi connectivity index (χ3n) is 10.1. The lowest BCUT2D eigenvalue weighted by atomic mass is 9.46. The molecule has 0 spiro atoms. The lowest BCUT2D eigenvalue weighted by Crippen LogP contribution is -2.56. The van der Waals surface area contributed by atoms with Gasteiger partial charge in [0.05, 0.1) is 11.7 Å². The maximum atomic E-state index is 12.1. The molecule has 0 amide bonds. The molecule has 31 heavy (non-hydrogen) atoms. The van der Waals surface area contributed by atoms with Crippen LogP contribution in [0.3, 0.4) is 0 Å². The van der Waals surface area contributed by atoms with Crippen LogP contribution in [-0.4, -0.2) is 39.4 Å². The number of carbonyl (C=O) groups is 1. The zero-order valence-electron chi connectivity index (χ0n) is 20.1. The van der Waals surface area contributed by atoms with Gasteiger partial charge in [-0.1, -0.05) is 39.2 Å². The average molecular weight is 433 g/mol. The first kappa shape index (κ1) is 23.4. The molecule has 3 unspecified atom stereocenters. The summed E-state index contributed by atoms with van der Waals surface area (Å²) in [7, 11) is 0. The number of rotatable bonds is 6. The van der Waals surface area contributed by atoms with Gasteiger partial charge in [0, 0.05) is 24.4 Å². The summed E-state index contributed by atoms with van der Waals surface area (Å²) in [4.78, 5) is 12.1. The number of hydrogen-bond acceptors (Lipinski definition) is 4. The first-order chi connectivity index (χ1) is 14.5. The van der Waals surface area contributed by atoms with Crippen molar-refractivity contribution in [2.24, 2.45) is 40.4 Å². The number of aliphatic hydroxyl groups excluding tert-OH is 2. The molecule has 4 nitrogen and oxygen atoms in total. The monoisotopic (exact) mass is 432 g/mol. The molecule has 3 fully saturated rings. The summed E-state index contributed by atoms with van der Waals surface area (Å²) in [6.45, 7) is 8.73. The zero-order valence-corrected chi connectivity index (χ0v) is 20.1. The highest BCUT2D eigenvalue weighted by Gasteiger charge is 2.65. The van der Waals surface area contributed by atoms with Gasteiger partial charge in [0.15, 0.2) is 5.78 Å². The van der Waals surface area contributed by atoms with E-state index in [-0.39, 0.29) is 35.1 Å².